The molecule has 2 rings (SSSR count). The summed E-state index contributed by atoms with van der Waals surface area (Å²) in [6.45, 7) is 1.37. The number of carbonyl (C=O) groups is 1. The van der Waals surface area contributed by atoms with Gasteiger partial charge in [0.25, 0.3) is 6.43 Å². The molecular formula is C14H11Cl3F2N4O3. The van der Waals surface area contributed by atoms with E-state index in [1.807, 2.05) is 0 Å². The lowest BCUT2D eigenvalue weighted by Gasteiger charge is -2.13. The summed E-state index contributed by atoms with van der Waals surface area (Å²) in [5, 5.41) is 16.2. The minimum atomic E-state index is -2.82. The topological polar surface area (TPSA) is 90.1 Å². The van der Waals surface area contributed by atoms with Crippen molar-refractivity contribution in [3.05, 3.63) is 44.1 Å². The molecule has 0 bridgehead atoms. The summed E-state index contributed by atoms with van der Waals surface area (Å²) in [5.74, 6) is -1.02. The maximum atomic E-state index is 13.0. The van der Waals surface area contributed by atoms with Crippen molar-refractivity contribution in [2.24, 2.45) is 0 Å². The summed E-state index contributed by atoms with van der Waals surface area (Å²) in [4.78, 5) is 22.3. The van der Waals surface area contributed by atoms with Crippen molar-refractivity contribution in [2.45, 2.75) is 25.1 Å². The van der Waals surface area contributed by atoms with E-state index in [1.165, 1.54) is 6.92 Å². The Hall–Kier alpha value is -1.97. The van der Waals surface area contributed by atoms with Gasteiger partial charge in [0.05, 0.1) is 15.7 Å². The standard InChI is InChI=1S/C14H11Cl3F2N4O3/c1-6(15)14(24)21-13-11(23(25)26)5-20-22(13)10-4-8(16)2-7(12(18)19)3-9(10)17/h2-3,5-6,12H,4H2,1H3,(H,21,24). The van der Waals surface area contributed by atoms with Crippen LogP contribution in [0, 0.1) is 10.1 Å². The molecule has 1 amide bonds. The molecule has 12 heteroatoms. The lowest BCUT2D eigenvalue weighted by atomic mass is 10.2. The third kappa shape index (κ3) is 4.40. The molecule has 1 aromatic heterocycles. The van der Waals surface area contributed by atoms with E-state index in [9.17, 15) is 23.7 Å². The Morgan fingerprint density at radius 1 is 1.42 bits per heavy atom. The van der Waals surface area contributed by atoms with Crippen molar-refractivity contribution in [1.82, 2.24) is 9.78 Å². The predicted molar refractivity (Wildman–Crippen MR) is 94.5 cm³/mol. The smallest absolute Gasteiger partial charge is 0.304 e. The molecule has 0 aliphatic heterocycles. The molecular weight excluding hydrogens is 417 g/mol. The normalized spacial score (nSPS) is 16.1. The minimum absolute atomic E-state index is 0.0170. The fraction of sp³-hybridized carbons (Fsp3) is 0.286. The summed E-state index contributed by atoms with van der Waals surface area (Å²) in [7, 11) is 0. The second-order valence-electron chi connectivity index (χ2n) is 5.16. The zero-order chi connectivity index (χ0) is 19.6. The Morgan fingerprint density at radius 2 is 2.08 bits per heavy atom. The van der Waals surface area contributed by atoms with Gasteiger partial charge in [0.2, 0.25) is 11.7 Å². The van der Waals surface area contributed by atoms with Gasteiger partial charge in [-0.25, -0.2) is 13.5 Å². The maximum Gasteiger partial charge on any atom is 0.331 e. The molecule has 1 unspecified atom stereocenters. The lowest BCUT2D eigenvalue weighted by Crippen LogP contribution is -2.23. The largest absolute Gasteiger partial charge is 0.331 e. The van der Waals surface area contributed by atoms with E-state index in [1.54, 1.807) is 0 Å². The number of hydrogen-bond acceptors (Lipinski definition) is 4. The van der Waals surface area contributed by atoms with Crippen LogP contribution in [-0.4, -0.2) is 32.4 Å². The molecule has 0 radical (unpaired) electrons. The van der Waals surface area contributed by atoms with Gasteiger partial charge in [-0.1, -0.05) is 23.2 Å². The fourth-order valence-corrected chi connectivity index (χ4v) is 2.64. The van der Waals surface area contributed by atoms with Crippen LogP contribution in [0.5, 0.6) is 0 Å². The number of halogens is 5. The van der Waals surface area contributed by atoms with Gasteiger partial charge in [-0.2, -0.15) is 5.10 Å². The van der Waals surface area contributed by atoms with Crippen LogP contribution in [-0.2, 0) is 4.79 Å². The van der Waals surface area contributed by atoms with Crippen LogP contribution in [0.15, 0.2) is 34.0 Å². The molecule has 0 spiro atoms. The summed E-state index contributed by atoms with van der Waals surface area (Å²) in [6.07, 6.45) is -0.0178. The fourth-order valence-electron chi connectivity index (χ4n) is 2.06. The van der Waals surface area contributed by atoms with E-state index in [4.69, 9.17) is 34.8 Å². The van der Waals surface area contributed by atoms with E-state index in [0.717, 1.165) is 23.0 Å². The first-order valence-corrected chi connectivity index (χ1v) is 8.23. The second kappa shape index (κ2) is 8.15. The molecule has 1 aliphatic rings. The van der Waals surface area contributed by atoms with Crippen LogP contribution in [0.4, 0.5) is 20.3 Å². The van der Waals surface area contributed by atoms with Gasteiger partial charge < -0.3 is 5.32 Å². The summed E-state index contributed by atoms with van der Waals surface area (Å²) in [5.41, 5.74) is -0.860. The second-order valence-corrected chi connectivity index (χ2v) is 6.71. The summed E-state index contributed by atoms with van der Waals surface area (Å²) < 4.78 is 27.0. The Morgan fingerprint density at radius 3 is 2.62 bits per heavy atom. The van der Waals surface area contributed by atoms with Gasteiger partial charge in [-0.15, -0.1) is 11.6 Å². The molecule has 1 aliphatic carbocycles. The Bertz CT molecular complexity index is 846. The molecule has 26 heavy (non-hydrogen) atoms. The van der Waals surface area contributed by atoms with Crippen LogP contribution in [0.2, 0.25) is 0 Å². The molecule has 7 nitrogen and oxygen atoms in total. The number of alkyl halides is 3. The molecule has 1 atom stereocenters. The number of amides is 1. The molecule has 0 fully saturated rings. The van der Waals surface area contributed by atoms with Gasteiger partial charge in [0, 0.05) is 17.0 Å². The van der Waals surface area contributed by atoms with Crippen LogP contribution >= 0.6 is 34.8 Å². The lowest BCUT2D eigenvalue weighted by molar-refractivity contribution is -0.384. The quantitative estimate of drug-likeness (QED) is 0.426. The molecule has 0 aromatic carbocycles. The number of rotatable bonds is 5. The SMILES string of the molecule is CC(Cl)C(=O)Nc1c([N+](=O)[O-])cnn1C1=C(Cl)C=C(C(F)F)C=C(Cl)C1. The van der Waals surface area contributed by atoms with Crippen molar-refractivity contribution < 1.29 is 18.5 Å². The average molecular weight is 428 g/mol. The third-order valence-corrected chi connectivity index (χ3v) is 4.05. The first kappa shape index (κ1) is 20.3. The van der Waals surface area contributed by atoms with Crippen molar-refractivity contribution in [3.63, 3.8) is 0 Å². The van der Waals surface area contributed by atoms with Crippen molar-refractivity contribution in [3.8, 4) is 0 Å². The molecule has 1 aromatic rings. The Balaban J connectivity index is 2.60. The molecule has 1 heterocycles. The summed E-state index contributed by atoms with van der Waals surface area (Å²) in [6, 6.07) is 0. The van der Waals surface area contributed by atoms with E-state index < -0.39 is 33.9 Å². The number of nitrogens with one attached hydrogen (secondary N) is 1. The highest BCUT2D eigenvalue weighted by atomic mass is 35.5. The van der Waals surface area contributed by atoms with Gasteiger partial charge in [-0.3, -0.25) is 14.9 Å². The van der Waals surface area contributed by atoms with Crippen LogP contribution in [0.25, 0.3) is 5.70 Å². The first-order chi connectivity index (χ1) is 12.1. The zero-order valence-corrected chi connectivity index (χ0v) is 15.3. The number of allylic oxidation sites excluding steroid dienone is 6. The maximum absolute atomic E-state index is 13.0. The minimum Gasteiger partial charge on any atom is -0.304 e. The predicted octanol–water partition coefficient (Wildman–Crippen LogP) is 4.48. The monoisotopic (exact) mass is 426 g/mol. The van der Waals surface area contributed by atoms with Gasteiger partial charge in [-0.05, 0) is 19.1 Å². The van der Waals surface area contributed by atoms with Gasteiger partial charge in [0.1, 0.15) is 11.6 Å². The highest BCUT2D eigenvalue weighted by molar-refractivity contribution is 6.35. The third-order valence-electron chi connectivity index (χ3n) is 3.29. The van der Waals surface area contributed by atoms with Crippen LogP contribution in [0.3, 0.4) is 0 Å². The van der Waals surface area contributed by atoms with E-state index in [2.05, 4.69) is 10.4 Å². The number of anilines is 1. The highest BCUT2D eigenvalue weighted by Crippen LogP contribution is 2.36. The number of nitrogens with zero attached hydrogens (tertiary/aromatic N) is 3. The first-order valence-electron chi connectivity index (χ1n) is 7.04. The molecule has 0 saturated heterocycles. The number of nitro groups is 1. The van der Waals surface area contributed by atoms with E-state index in [0.29, 0.717) is 0 Å². The van der Waals surface area contributed by atoms with E-state index in [-0.39, 0.29) is 28.0 Å². The molecule has 1 N–H and O–H groups in total. The van der Waals surface area contributed by atoms with Crippen LogP contribution in [0.1, 0.15) is 13.3 Å². The zero-order valence-electron chi connectivity index (χ0n) is 13.1. The molecule has 140 valence electrons. The van der Waals surface area contributed by atoms with Gasteiger partial charge >= 0.3 is 5.69 Å². The number of carbonyl (C=O) groups excluding carboxylic acids is 1. The van der Waals surface area contributed by atoms with E-state index >= 15 is 0 Å². The average Bonchev–Trinajstić information content (AvgIpc) is 2.87. The van der Waals surface area contributed by atoms with Crippen molar-refractivity contribution in [1.29, 1.82) is 0 Å². The Labute approximate surface area is 161 Å². The van der Waals surface area contributed by atoms with Crippen LogP contribution < -0.4 is 5.32 Å². The highest BCUT2D eigenvalue weighted by Gasteiger charge is 2.28. The summed E-state index contributed by atoms with van der Waals surface area (Å²) >= 11 is 17.7. The molecule has 0 saturated carbocycles. The number of hydrogen-bond donors (Lipinski definition) is 1. The van der Waals surface area contributed by atoms with Gasteiger partial charge in [0.15, 0.2) is 0 Å². The Kier molecular flexibility index (Phi) is 6.38. The number of aromatic nitrogens is 2. The van der Waals surface area contributed by atoms with Crippen molar-refractivity contribution in [2.75, 3.05) is 5.32 Å². The van der Waals surface area contributed by atoms with Crippen molar-refractivity contribution >= 4 is 57.9 Å².